The normalized spacial score (nSPS) is 25.1. The first kappa shape index (κ1) is 15.3. The van der Waals surface area contributed by atoms with E-state index < -0.39 is 0 Å². The first-order chi connectivity index (χ1) is 10.7. The van der Waals surface area contributed by atoms with Crippen molar-refractivity contribution in [3.05, 3.63) is 35.9 Å². The molecule has 120 valence electrons. The molecule has 2 fully saturated rings. The molecule has 22 heavy (non-hydrogen) atoms. The third-order valence-corrected chi connectivity index (χ3v) is 4.83. The Morgan fingerprint density at radius 2 is 1.95 bits per heavy atom. The summed E-state index contributed by atoms with van der Waals surface area (Å²) >= 11 is 0. The second-order valence-electron chi connectivity index (χ2n) is 6.79. The molecule has 1 aromatic rings. The molecule has 0 aromatic heterocycles. The standard InChI is InChI=1S/C18H26N2O2/c1-13(15-7-8-15)11-19-16-9-17(10-16)20-18(21)22-12-14-5-3-2-4-6-14/h2-6,13,15-17,19H,7-12H2,1H3,(H,20,21). The predicted octanol–water partition coefficient (Wildman–Crippen LogP) is 3.08. The van der Waals surface area contributed by atoms with E-state index in [9.17, 15) is 4.79 Å². The molecule has 0 spiro atoms. The molecule has 0 heterocycles. The quantitative estimate of drug-likeness (QED) is 0.814. The predicted molar refractivity (Wildman–Crippen MR) is 86.5 cm³/mol. The van der Waals surface area contributed by atoms with Gasteiger partial charge in [0.25, 0.3) is 0 Å². The van der Waals surface area contributed by atoms with Gasteiger partial charge in [-0.3, -0.25) is 0 Å². The summed E-state index contributed by atoms with van der Waals surface area (Å²) in [4.78, 5) is 11.7. The maximum Gasteiger partial charge on any atom is 0.407 e. The summed E-state index contributed by atoms with van der Waals surface area (Å²) in [5, 5.41) is 6.55. The minimum absolute atomic E-state index is 0.261. The molecule has 2 N–H and O–H groups in total. The lowest BCUT2D eigenvalue weighted by Gasteiger charge is -2.36. The molecule has 0 aliphatic heterocycles. The van der Waals surface area contributed by atoms with Gasteiger partial charge in [-0.1, -0.05) is 37.3 Å². The van der Waals surface area contributed by atoms with Crippen molar-refractivity contribution in [3.8, 4) is 0 Å². The lowest BCUT2D eigenvalue weighted by Crippen LogP contribution is -2.53. The summed E-state index contributed by atoms with van der Waals surface area (Å²) < 4.78 is 5.24. The van der Waals surface area contributed by atoms with Crippen LogP contribution < -0.4 is 10.6 Å². The molecule has 2 aliphatic rings. The van der Waals surface area contributed by atoms with Crippen LogP contribution in [0.5, 0.6) is 0 Å². The van der Waals surface area contributed by atoms with Gasteiger partial charge in [0, 0.05) is 12.1 Å². The number of hydrogen-bond acceptors (Lipinski definition) is 3. The average molecular weight is 302 g/mol. The maximum absolute atomic E-state index is 11.7. The van der Waals surface area contributed by atoms with E-state index in [0.29, 0.717) is 12.6 Å². The molecular weight excluding hydrogens is 276 g/mol. The van der Waals surface area contributed by atoms with Crippen molar-refractivity contribution in [2.45, 2.75) is 51.3 Å². The Kier molecular flexibility index (Phi) is 4.98. The number of carbonyl (C=O) groups excluding carboxylic acids is 1. The smallest absolute Gasteiger partial charge is 0.407 e. The van der Waals surface area contributed by atoms with Crippen LogP contribution in [0.25, 0.3) is 0 Å². The van der Waals surface area contributed by atoms with E-state index in [1.165, 1.54) is 12.8 Å². The Morgan fingerprint density at radius 3 is 2.64 bits per heavy atom. The summed E-state index contributed by atoms with van der Waals surface area (Å²) in [6.07, 6.45) is 4.53. The highest BCUT2D eigenvalue weighted by Gasteiger charge is 2.32. The zero-order chi connectivity index (χ0) is 15.4. The van der Waals surface area contributed by atoms with Gasteiger partial charge in [0.1, 0.15) is 6.61 Å². The van der Waals surface area contributed by atoms with E-state index in [-0.39, 0.29) is 12.1 Å². The van der Waals surface area contributed by atoms with E-state index in [2.05, 4.69) is 17.6 Å². The Morgan fingerprint density at radius 1 is 1.23 bits per heavy atom. The highest BCUT2D eigenvalue weighted by Crippen LogP contribution is 2.36. The minimum atomic E-state index is -0.307. The average Bonchev–Trinajstić information content (AvgIpc) is 3.33. The summed E-state index contributed by atoms with van der Waals surface area (Å²) in [6, 6.07) is 10.6. The number of nitrogens with one attached hydrogen (secondary N) is 2. The zero-order valence-corrected chi connectivity index (χ0v) is 13.3. The molecule has 1 atom stereocenters. The van der Waals surface area contributed by atoms with E-state index >= 15 is 0 Å². The minimum Gasteiger partial charge on any atom is -0.445 e. The molecule has 1 aromatic carbocycles. The molecule has 4 heteroatoms. The lowest BCUT2D eigenvalue weighted by molar-refractivity contribution is 0.125. The summed E-state index contributed by atoms with van der Waals surface area (Å²) in [5.41, 5.74) is 1.01. The van der Waals surface area contributed by atoms with Crippen molar-refractivity contribution in [2.24, 2.45) is 11.8 Å². The number of benzene rings is 1. The SMILES string of the molecule is CC(CNC1CC(NC(=O)OCc2ccccc2)C1)C1CC1. The van der Waals surface area contributed by atoms with Gasteiger partial charge in [0.05, 0.1) is 0 Å². The molecule has 3 rings (SSSR count). The molecule has 0 radical (unpaired) electrons. The summed E-state index contributed by atoms with van der Waals surface area (Å²) in [7, 11) is 0. The highest BCUT2D eigenvalue weighted by molar-refractivity contribution is 5.67. The zero-order valence-electron chi connectivity index (χ0n) is 13.3. The third-order valence-electron chi connectivity index (χ3n) is 4.83. The fraction of sp³-hybridized carbons (Fsp3) is 0.611. The maximum atomic E-state index is 11.7. The van der Waals surface area contributed by atoms with Crippen LogP contribution in [-0.2, 0) is 11.3 Å². The van der Waals surface area contributed by atoms with E-state index in [1.54, 1.807) is 0 Å². The summed E-state index contributed by atoms with van der Waals surface area (Å²) in [5.74, 6) is 1.75. The number of rotatable bonds is 7. The molecule has 2 saturated carbocycles. The van der Waals surface area contributed by atoms with Crippen molar-refractivity contribution in [2.75, 3.05) is 6.54 Å². The van der Waals surface area contributed by atoms with Gasteiger partial charge in [0.2, 0.25) is 0 Å². The Bertz CT molecular complexity index is 481. The van der Waals surface area contributed by atoms with Gasteiger partial charge in [-0.15, -0.1) is 0 Å². The van der Waals surface area contributed by atoms with Crippen molar-refractivity contribution < 1.29 is 9.53 Å². The highest BCUT2D eigenvalue weighted by atomic mass is 16.5. The van der Waals surface area contributed by atoms with E-state index in [0.717, 1.165) is 36.8 Å². The molecule has 1 amide bonds. The van der Waals surface area contributed by atoms with Crippen LogP contribution in [0, 0.1) is 11.8 Å². The molecular formula is C18H26N2O2. The van der Waals surface area contributed by atoms with Gasteiger partial charge < -0.3 is 15.4 Å². The Hall–Kier alpha value is -1.55. The van der Waals surface area contributed by atoms with Crippen LogP contribution in [-0.4, -0.2) is 24.7 Å². The van der Waals surface area contributed by atoms with E-state index in [4.69, 9.17) is 4.74 Å². The van der Waals surface area contributed by atoms with E-state index in [1.807, 2.05) is 30.3 Å². The monoisotopic (exact) mass is 302 g/mol. The Balaban J connectivity index is 1.26. The molecule has 2 aliphatic carbocycles. The Labute approximate surface area is 132 Å². The lowest BCUT2D eigenvalue weighted by atomic mass is 9.86. The second-order valence-corrected chi connectivity index (χ2v) is 6.79. The van der Waals surface area contributed by atoms with Gasteiger partial charge in [-0.2, -0.15) is 0 Å². The number of carbonyl (C=O) groups is 1. The molecule has 4 nitrogen and oxygen atoms in total. The number of amides is 1. The van der Waals surface area contributed by atoms with Crippen LogP contribution in [0.2, 0.25) is 0 Å². The largest absolute Gasteiger partial charge is 0.445 e. The van der Waals surface area contributed by atoms with Crippen LogP contribution in [0.4, 0.5) is 4.79 Å². The van der Waals surface area contributed by atoms with Crippen molar-refractivity contribution in [1.29, 1.82) is 0 Å². The fourth-order valence-corrected chi connectivity index (χ4v) is 3.02. The van der Waals surface area contributed by atoms with Gasteiger partial charge in [-0.25, -0.2) is 4.79 Å². The van der Waals surface area contributed by atoms with Crippen LogP contribution in [0.1, 0.15) is 38.2 Å². The van der Waals surface area contributed by atoms with Crippen molar-refractivity contribution in [1.82, 2.24) is 10.6 Å². The van der Waals surface area contributed by atoms with Gasteiger partial charge >= 0.3 is 6.09 Å². The number of ether oxygens (including phenoxy) is 1. The third kappa shape index (κ3) is 4.47. The molecule has 0 bridgehead atoms. The molecule has 0 saturated heterocycles. The van der Waals surface area contributed by atoms with Gasteiger partial charge in [-0.05, 0) is 49.6 Å². The number of hydrogen-bond donors (Lipinski definition) is 2. The first-order valence-corrected chi connectivity index (χ1v) is 8.41. The first-order valence-electron chi connectivity index (χ1n) is 8.41. The number of alkyl carbamates (subject to hydrolysis) is 1. The van der Waals surface area contributed by atoms with Crippen molar-refractivity contribution in [3.63, 3.8) is 0 Å². The fourth-order valence-electron chi connectivity index (χ4n) is 3.02. The van der Waals surface area contributed by atoms with Crippen LogP contribution in [0.15, 0.2) is 30.3 Å². The van der Waals surface area contributed by atoms with Crippen LogP contribution >= 0.6 is 0 Å². The van der Waals surface area contributed by atoms with Crippen LogP contribution in [0.3, 0.4) is 0 Å². The second kappa shape index (κ2) is 7.14. The van der Waals surface area contributed by atoms with Crippen molar-refractivity contribution >= 4 is 6.09 Å². The summed E-state index contributed by atoms with van der Waals surface area (Å²) in [6.45, 7) is 3.78. The molecule has 1 unspecified atom stereocenters. The topological polar surface area (TPSA) is 50.4 Å². The van der Waals surface area contributed by atoms with Gasteiger partial charge in [0.15, 0.2) is 0 Å².